The van der Waals surface area contributed by atoms with E-state index in [1.807, 2.05) is 6.92 Å². The molecule has 2 N–H and O–H groups in total. The predicted molar refractivity (Wildman–Crippen MR) is 77.2 cm³/mol. The lowest BCUT2D eigenvalue weighted by Crippen LogP contribution is -2.32. The fourth-order valence-electron chi connectivity index (χ4n) is 2.47. The molecule has 18 heavy (non-hydrogen) atoms. The summed E-state index contributed by atoms with van der Waals surface area (Å²) < 4.78 is 5.45. The number of aryl methyl sites for hydroxylation is 1. The van der Waals surface area contributed by atoms with Crippen LogP contribution in [0.2, 0.25) is 0 Å². The molecule has 1 aromatic rings. The van der Waals surface area contributed by atoms with E-state index in [1.54, 1.807) is 7.11 Å². The zero-order valence-corrected chi connectivity index (χ0v) is 12.5. The summed E-state index contributed by atoms with van der Waals surface area (Å²) in [6, 6.07) is 2.43. The molecule has 0 aliphatic carbocycles. The summed E-state index contributed by atoms with van der Waals surface area (Å²) in [6.07, 6.45) is 0. The third kappa shape index (κ3) is 3.47. The molecule has 0 saturated heterocycles. The SMILES string of the molecule is COc1c(C)cc(CN(C)CC(C)N)c(C)c1C. The molecule has 1 unspecified atom stereocenters. The van der Waals surface area contributed by atoms with E-state index in [4.69, 9.17) is 10.5 Å². The van der Waals surface area contributed by atoms with Gasteiger partial charge in [-0.25, -0.2) is 0 Å². The van der Waals surface area contributed by atoms with Gasteiger partial charge in [-0.1, -0.05) is 6.07 Å². The maximum absolute atomic E-state index is 5.83. The smallest absolute Gasteiger partial charge is 0.124 e. The van der Waals surface area contributed by atoms with Crippen molar-refractivity contribution in [1.82, 2.24) is 4.90 Å². The van der Waals surface area contributed by atoms with Crippen LogP contribution in [0.5, 0.6) is 5.75 Å². The molecular formula is C15H26N2O. The first-order chi connectivity index (χ1) is 8.36. The Bertz CT molecular complexity index is 413. The number of benzene rings is 1. The van der Waals surface area contributed by atoms with E-state index in [-0.39, 0.29) is 6.04 Å². The molecule has 0 bridgehead atoms. The van der Waals surface area contributed by atoms with Crippen LogP contribution in [0.1, 0.15) is 29.2 Å². The van der Waals surface area contributed by atoms with Crippen molar-refractivity contribution in [2.45, 2.75) is 40.3 Å². The molecule has 0 fully saturated rings. The van der Waals surface area contributed by atoms with Gasteiger partial charge in [0.25, 0.3) is 0 Å². The van der Waals surface area contributed by atoms with E-state index in [0.29, 0.717) is 0 Å². The van der Waals surface area contributed by atoms with Crippen molar-refractivity contribution < 1.29 is 4.74 Å². The van der Waals surface area contributed by atoms with Gasteiger partial charge in [0, 0.05) is 19.1 Å². The zero-order chi connectivity index (χ0) is 13.9. The van der Waals surface area contributed by atoms with E-state index in [0.717, 1.165) is 18.8 Å². The summed E-state index contributed by atoms with van der Waals surface area (Å²) in [6.45, 7) is 10.2. The van der Waals surface area contributed by atoms with Gasteiger partial charge in [0.05, 0.1) is 7.11 Å². The molecule has 0 spiro atoms. The monoisotopic (exact) mass is 250 g/mol. The van der Waals surface area contributed by atoms with Crippen molar-refractivity contribution in [3.63, 3.8) is 0 Å². The quantitative estimate of drug-likeness (QED) is 0.872. The molecule has 1 aromatic carbocycles. The first-order valence-corrected chi connectivity index (χ1v) is 6.44. The maximum Gasteiger partial charge on any atom is 0.124 e. The Morgan fingerprint density at radius 3 is 2.39 bits per heavy atom. The molecular weight excluding hydrogens is 224 g/mol. The minimum atomic E-state index is 0.204. The van der Waals surface area contributed by atoms with Gasteiger partial charge < -0.3 is 15.4 Å². The van der Waals surface area contributed by atoms with Crippen LogP contribution < -0.4 is 10.5 Å². The number of nitrogens with zero attached hydrogens (tertiary/aromatic N) is 1. The van der Waals surface area contributed by atoms with Gasteiger partial charge in [-0.05, 0) is 57.0 Å². The van der Waals surface area contributed by atoms with Crippen molar-refractivity contribution in [3.8, 4) is 5.75 Å². The minimum Gasteiger partial charge on any atom is -0.496 e. The van der Waals surface area contributed by atoms with Crippen LogP contribution in [0.4, 0.5) is 0 Å². The Morgan fingerprint density at radius 2 is 1.89 bits per heavy atom. The normalized spacial score (nSPS) is 12.9. The van der Waals surface area contributed by atoms with E-state index in [2.05, 4.69) is 38.8 Å². The van der Waals surface area contributed by atoms with Gasteiger partial charge in [-0.2, -0.15) is 0 Å². The fourth-order valence-corrected chi connectivity index (χ4v) is 2.47. The Labute approximate surface area is 111 Å². The molecule has 3 heteroatoms. The van der Waals surface area contributed by atoms with Crippen molar-refractivity contribution in [1.29, 1.82) is 0 Å². The molecule has 1 rings (SSSR count). The van der Waals surface area contributed by atoms with Crippen LogP contribution in [0.3, 0.4) is 0 Å². The van der Waals surface area contributed by atoms with Crippen LogP contribution in [-0.2, 0) is 6.54 Å². The van der Waals surface area contributed by atoms with E-state index >= 15 is 0 Å². The second-order valence-corrected chi connectivity index (χ2v) is 5.31. The highest BCUT2D eigenvalue weighted by Gasteiger charge is 2.12. The lowest BCUT2D eigenvalue weighted by Gasteiger charge is -2.22. The van der Waals surface area contributed by atoms with Crippen molar-refractivity contribution in [2.75, 3.05) is 20.7 Å². The number of hydrogen-bond acceptors (Lipinski definition) is 3. The molecule has 0 radical (unpaired) electrons. The van der Waals surface area contributed by atoms with Crippen LogP contribution >= 0.6 is 0 Å². The molecule has 0 heterocycles. The first-order valence-electron chi connectivity index (χ1n) is 6.44. The van der Waals surface area contributed by atoms with E-state index in [9.17, 15) is 0 Å². The highest BCUT2D eigenvalue weighted by Crippen LogP contribution is 2.28. The van der Waals surface area contributed by atoms with Gasteiger partial charge in [-0.3, -0.25) is 0 Å². The number of methoxy groups -OCH3 is 1. The lowest BCUT2D eigenvalue weighted by molar-refractivity contribution is 0.309. The molecule has 102 valence electrons. The molecule has 0 aliphatic rings. The summed E-state index contributed by atoms with van der Waals surface area (Å²) in [4.78, 5) is 2.26. The van der Waals surface area contributed by atoms with E-state index < -0.39 is 0 Å². The predicted octanol–water partition coefficient (Wildman–Crippen LogP) is 2.40. The Balaban J connectivity index is 2.97. The number of nitrogens with two attached hydrogens (primary N) is 1. The number of rotatable bonds is 5. The average molecular weight is 250 g/mol. The summed E-state index contributed by atoms with van der Waals surface area (Å²) in [5.41, 5.74) is 10.9. The first kappa shape index (κ1) is 15.0. The average Bonchev–Trinajstić information content (AvgIpc) is 2.25. The fraction of sp³-hybridized carbons (Fsp3) is 0.600. The highest BCUT2D eigenvalue weighted by atomic mass is 16.5. The Hall–Kier alpha value is -1.06. The largest absolute Gasteiger partial charge is 0.496 e. The van der Waals surface area contributed by atoms with Crippen LogP contribution in [0.15, 0.2) is 6.07 Å². The van der Waals surface area contributed by atoms with Gasteiger partial charge in [0.2, 0.25) is 0 Å². The van der Waals surface area contributed by atoms with Gasteiger partial charge in [-0.15, -0.1) is 0 Å². The van der Waals surface area contributed by atoms with Crippen LogP contribution in [0.25, 0.3) is 0 Å². The standard InChI is InChI=1S/C15H26N2O/c1-10-7-14(9-17(5)8-11(2)16)12(3)13(4)15(10)18-6/h7,11H,8-9,16H2,1-6H3. The molecule has 0 aromatic heterocycles. The van der Waals surface area contributed by atoms with Crippen molar-refractivity contribution in [3.05, 3.63) is 28.3 Å². The van der Waals surface area contributed by atoms with Gasteiger partial charge in [0.1, 0.15) is 5.75 Å². The zero-order valence-electron chi connectivity index (χ0n) is 12.5. The van der Waals surface area contributed by atoms with Crippen molar-refractivity contribution >= 4 is 0 Å². The third-order valence-electron chi connectivity index (χ3n) is 3.38. The second kappa shape index (κ2) is 6.21. The van der Waals surface area contributed by atoms with Crippen molar-refractivity contribution in [2.24, 2.45) is 5.73 Å². The third-order valence-corrected chi connectivity index (χ3v) is 3.38. The summed E-state index contributed by atoms with van der Waals surface area (Å²) >= 11 is 0. The summed E-state index contributed by atoms with van der Waals surface area (Å²) in [7, 11) is 3.84. The lowest BCUT2D eigenvalue weighted by atomic mass is 9.98. The van der Waals surface area contributed by atoms with Gasteiger partial charge in [0.15, 0.2) is 0 Å². The van der Waals surface area contributed by atoms with Gasteiger partial charge >= 0.3 is 0 Å². The topological polar surface area (TPSA) is 38.5 Å². The number of likely N-dealkylation sites (N-methyl/N-ethyl adjacent to an activating group) is 1. The Kier molecular flexibility index (Phi) is 5.17. The second-order valence-electron chi connectivity index (χ2n) is 5.31. The number of ether oxygens (including phenoxy) is 1. The van der Waals surface area contributed by atoms with Crippen LogP contribution in [-0.4, -0.2) is 31.6 Å². The van der Waals surface area contributed by atoms with E-state index in [1.165, 1.54) is 22.3 Å². The number of hydrogen-bond donors (Lipinski definition) is 1. The highest BCUT2D eigenvalue weighted by molar-refractivity contribution is 5.48. The molecule has 1 atom stereocenters. The summed E-state index contributed by atoms with van der Waals surface area (Å²) in [5, 5.41) is 0. The molecule has 0 amide bonds. The van der Waals surface area contributed by atoms with Crippen LogP contribution in [0, 0.1) is 20.8 Å². The minimum absolute atomic E-state index is 0.204. The Morgan fingerprint density at radius 1 is 1.28 bits per heavy atom. The molecule has 3 nitrogen and oxygen atoms in total. The maximum atomic E-state index is 5.83. The molecule has 0 saturated carbocycles. The summed E-state index contributed by atoms with van der Waals surface area (Å²) in [5.74, 6) is 1.01. The molecule has 0 aliphatic heterocycles.